The Kier molecular flexibility index (Phi) is 9.24. The molecule has 0 spiro atoms. The highest BCUT2D eigenvalue weighted by Gasteiger charge is 2.68. The molecule has 1 aliphatic heterocycles. The second kappa shape index (κ2) is 12.3. The van der Waals surface area contributed by atoms with Crippen molar-refractivity contribution in [3.8, 4) is 0 Å². The summed E-state index contributed by atoms with van der Waals surface area (Å²) in [7, 11) is -0.567. The van der Waals surface area contributed by atoms with Crippen LogP contribution in [0.4, 0.5) is 15.6 Å². The van der Waals surface area contributed by atoms with Gasteiger partial charge in [0.05, 0.1) is 28.1 Å². The Morgan fingerprint density at radius 3 is 2.50 bits per heavy atom. The molecule has 1 aromatic heterocycles. The van der Waals surface area contributed by atoms with Crippen molar-refractivity contribution in [3.63, 3.8) is 0 Å². The number of carbonyl (C=O) groups is 2. The van der Waals surface area contributed by atoms with Crippen LogP contribution in [0.3, 0.4) is 0 Å². The molecular weight excluding hydrogens is 627 g/mol. The number of hydrogen-bond donors (Lipinski definition) is 1. The summed E-state index contributed by atoms with van der Waals surface area (Å²) < 4.78 is 25.3. The third-order valence-corrected chi connectivity index (χ3v) is 11.4. The van der Waals surface area contributed by atoms with Gasteiger partial charge in [-0.05, 0) is 109 Å². The van der Waals surface area contributed by atoms with Crippen LogP contribution in [0.5, 0.6) is 0 Å². The van der Waals surface area contributed by atoms with Crippen LogP contribution >= 0.6 is 23.1 Å². The standard InChI is InChI=1S/C31H43BN6O6S2/c1-16-17(11-12-19(35-38-33)23(16)24(39)41-28(2,3)4)13-22(45-27-37-36-25(46-27)34-26(40)42-29(5,6)7)32-43-21-15-18-14-20(30(18,8)9)31(21,10)44-32/h11-12,18,20-22H,13-15H2,1-10H3,(H,34,36,40)/t18?,20?,21?,22-,31-/m0/s1. The molecule has 2 bridgehead atoms. The number of esters is 1. The van der Waals surface area contributed by atoms with Crippen LogP contribution in [0.15, 0.2) is 21.6 Å². The Morgan fingerprint density at radius 2 is 1.87 bits per heavy atom. The van der Waals surface area contributed by atoms with E-state index in [1.807, 2.05) is 13.0 Å². The van der Waals surface area contributed by atoms with Gasteiger partial charge in [0.1, 0.15) is 11.2 Å². The van der Waals surface area contributed by atoms with Gasteiger partial charge >= 0.3 is 19.2 Å². The number of aromatic nitrogens is 2. The fourth-order valence-electron chi connectivity index (χ4n) is 6.98. The van der Waals surface area contributed by atoms with Gasteiger partial charge in [0.25, 0.3) is 0 Å². The van der Waals surface area contributed by atoms with E-state index in [4.69, 9.17) is 18.8 Å². The molecule has 1 N–H and O–H groups in total. The minimum atomic E-state index is -0.736. The molecule has 3 saturated carbocycles. The molecule has 1 saturated heterocycles. The van der Waals surface area contributed by atoms with Crippen LogP contribution in [0.2, 0.25) is 0 Å². The molecule has 1 amide bonds. The first kappa shape index (κ1) is 34.5. The molecule has 248 valence electrons. The van der Waals surface area contributed by atoms with Gasteiger partial charge in [-0.25, -0.2) is 9.59 Å². The summed E-state index contributed by atoms with van der Waals surface area (Å²) in [6, 6.07) is 3.51. The largest absolute Gasteiger partial charge is 0.472 e. The van der Waals surface area contributed by atoms with Gasteiger partial charge in [-0.3, -0.25) is 5.32 Å². The maximum atomic E-state index is 13.3. The molecule has 0 radical (unpaired) electrons. The molecule has 4 fully saturated rings. The van der Waals surface area contributed by atoms with Gasteiger partial charge in [-0.15, -0.1) is 10.2 Å². The molecule has 3 aliphatic carbocycles. The molecule has 12 nitrogen and oxygen atoms in total. The van der Waals surface area contributed by atoms with Crippen molar-refractivity contribution in [2.24, 2.45) is 22.4 Å². The summed E-state index contributed by atoms with van der Waals surface area (Å²) in [6.07, 6.45) is 1.88. The third kappa shape index (κ3) is 7.03. The molecule has 6 rings (SSSR count). The smallest absolute Gasteiger partial charge is 0.456 e. The normalized spacial score (nSPS) is 25.5. The molecular formula is C31H43BN6O6S2. The van der Waals surface area contributed by atoms with Crippen molar-refractivity contribution in [1.82, 2.24) is 10.2 Å². The molecule has 1 aromatic carbocycles. The van der Waals surface area contributed by atoms with E-state index < -0.39 is 36.0 Å². The topological polar surface area (TPSA) is 158 Å². The van der Waals surface area contributed by atoms with E-state index >= 15 is 0 Å². The van der Waals surface area contributed by atoms with Gasteiger partial charge in [0.15, 0.2) is 4.34 Å². The van der Waals surface area contributed by atoms with Crippen molar-refractivity contribution < 1.29 is 28.4 Å². The summed E-state index contributed by atoms with van der Waals surface area (Å²) in [5, 5.41) is 15.0. The average Bonchev–Trinajstić information content (AvgIpc) is 3.50. The van der Waals surface area contributed by atoms with Crippen LogP contribution < -0.4 is 5.32 Å². The molecule has 3 unspecified atom stereocenters. The lowest BCUT2D eigenvalue weighted by Gasteiger charge is -2.64. The fraction of sp³-hybridized carbons (Fsp3) is 0.677. The van der Waals surface area contributed by atoms with Crippen LogP contribution in [-0.4, -0.2) is 57.4 Å². The molecule has 2 heterocycles. The average molecular weight is 671 g/mol. The first-order valence-corrected chi connectivity index (χ1v) is 17.2. The Morgan fingerprint density at radius 1 is 1.17 bits per heavy atom. The Balaban J connectivity index is 1.45. The fourth-order valence-corrected chi connectivity index (χ4v) is 9.08. The van der Waals surface area contributed by atoms with Crippen molar-refractivity contribution in [2.45, 2.75) is 121 Å². The van der Waals surface area contributed by atoms with Gasteiger partial charge in [0.2, 0.25) is 5.13 Å². The van der Waals surface area contributed by atoms with Gasteiger partial charge < -0.3 is 18.8 Å². The first-order valence-electron chi connectivity index (χ1n) is 15.5. The Hall–Kier alpha value is -2.84. The number of azide groups is 1. The molecule has 2 aromatic rings. The molecule has 15 heteroatoms. The predicted octanol–water partition coefficient (Wildman–Crippen LogP) is 8.06. The zero-order valence-corrected chi connectivity index (χ0v) is 29.8. The van der Waals surface area contributed by atoms with Crippen LogP contribution in [-0.2, 0) is 25.2 Å². The number of hydrogen-bond acceptors (Lipinski definition) is 11. The predicted molar refractivity (Wildman–Crippen MR) is 178 cm³/mol. The van der Waals surface area contributed by atoms with Gasteiger partial charge in [-0.2, -0.15) is 0 Å². The Bertz CT molecular complexity index is 1570. The van der Waals surface area contributed by atoms with Crippen molar-refractivity contribution >= 4 is 53.1 Å². The second-order valence-electron chi connectivity index (χ2n) is 15.1. The van der Waals surface area contributed by atoms with Crippen LogP contribution in [0.25, 0.3) is 10.4 Å². The lowest BCUT2D eigenvalue weighted by Crippen LogP contribution is -2.65. The monoisotopic (exact) mass is 670 g/mol. The number of anilines is 1. The number of carbonyl (C=O) groups excluding carboxylic acids is 2. The van der Waals surface area contributed by atoms with E-state index in [0.29, 0.717) is 33.3 Å². The maximum absolute atomic E-state index is 13.3. The number of ether oxygens (including phenoxy) is 2. The lowest BCUT2D eigenvalue weighted by molar-refractivity contribution is -0.199. The summed E-state index contributed by atoms with van der Waals surface area (Å²) in [5.41, 5.74) is 9.51. The van der Waals surface area contributed by atoms with E-state index in [-0.39, 0.29) is 27.9 Å². The van der Waals surface area contributed by atoms with Gasteiger partial charge in [-0.1, -0.05) is 54.2 Å². The third-order valence-electron chi connectivity index (χ3n) is 9.27. The first-order chi connectivity index (χ1) is 21.3. The lowest BCUT2D eigenvalue weighted by atomic mass is 9.43. The molecule has 4 aliphatic rings. The number of thioether (sulfide) groups is 1. The summed E-state index contributed by atoms with van der Waals surface area (Å²) in [4.78, 5) is 28.6. The number of rotatable bonds is 8. The van der Waals surface area contributed by atoms with Crippen molar-refractivity contribution in [2.75, 3.05) is 5.32 Å². The number of nitrogens with one attached hydrogen (secondary N) is 1. The number of benzene rings is 1. The molecule has 5 atom stereocenters. The number of nitrogens with zero attached hydrogens (tertiary/aromatic N) is 5. The Labute approximate surface area is 278 Å². The SMILES string of the molecule is Cc1c(C[C@H](Sc2nnc(NC(=O)OC(C)(C)C)s2)B2OC3CC4CC(C4(C)C)[C@]3(C)O2)ccc(N=[N+]=[N-])c1C(=O)OC(C)(C)C. The van der Waals surface area contributed by atoms with E-state index in [1.165, 1.54) is 23.1 Å². The highest BCUT2D eigenvalue weighted by Crippen LogP contribution is 2.66. The molecule has 46 heavy (non-hydrogen) atoms. The van der Waals surface area contributed by atoms with Crippen molar-refractivity contribution in [3.05, 3.63) is 39.3 Å². The van der Waals surface area contributed by atoms with E-state index in [1.54, 1.807) is 47.6 Å². The summed E-state index contributed by atoms with van der Waals surface area (Å²) in [6.45, 7) is 19.4. The van der Waals surface area contributed by atoms with Crippen LogP contribution in [0, 0.1) is 24.2 Å². The minimum absolute atomic E-state index is 0.0260. The second-order valence-corrected chi connectivity index (χ2v) is 17.6. The van der Waals surface area contributed by atoms with Crippen molar-refractivity contribution in [1.29, 1.82) is 0 Å². The minimum Gasteiger partial charge on any atom is -0.456 e. The highest BCUT2D eigenvalue weighted by atomic mass is 32.2. The number of amides is 1. The zero-order valence-electron chi connectivity index (χ0n) is 28.2. The van der Waals surface area contributed by atoms with Gasteiger partial charge in [0, 0.05) is 4.91 Å². The zero-order chi connectivity index (χ0) is 33.8. The highest BCUT2D eigenvalue weighted by molar-refractivity contribution is 8.02. The quantitative estimate of drug-likeness (QED) is 0.0558. The van der Waals surface area contributed by atoms with Crippen LogP contribution in [0.1, 0.15) is 96.6 Å². The summed E-state index contributed by atoms with van der Waals surface area (Å²) in [5.74, 6) is 0.420. The summed E-state index contributed by atoms with van der Waals surface area (Å²) >= 11 is 2.69. The van der Waals surface area contributed by atoms with E-state index in [0.717, 1.165) is 18.4 Å². The van der Waals surface area contributed by atoms with E-state index in [9.17, 15) is 15.1 Å². The maximum Gasteiger partial charge on any atom is 0.472 e. The van der Waals surface area contributed by atoms with E-state index in [2.05, 4.69) is 46.3 Å².